The van der Waals surface area contributed by atoms with Crippen molar-refractivity contribution < 1.29 is 14.4 Å². The molecule has 0 saturated carbocycles. The van der Waals surface area contributed by atoms with Crippen LogP contribution in [0.3, 0.4) is 0 Å². The lowest BCUT2D eigenvalue weighted by Gasteiger charge is -2.41. The van der Waals surface area contributed by atoms with E-state index in [1.165, 1.54) is 25.9 Å². The third-order valence-corrected chi connectivity index (χ3v) is 11.5. The molecule has 2 aromatic rings. The summed E-state index contributed by atoms with van der Waals surface area (Å²) in [7, 11) is 2.21. The number of urea groups is 1. The van der Waals surface area contributed by atoms with Gasteiger partial charge in [0.15, 0.2) is 0 Å². The minimum Gasteiger partial charge on any atom is -0.343 e. The molecule has 6 rings (SSSR count). The summed E-state index contributed by atoms with van der Waals surface area (Å²) in [4.78, 5) is 49.0. The van der Waals surface area contributed by atoms with Crippen LogP contribution in [0.4, 0.5) is 10.5 Å². The molecule has 4 heterocycles. The van der Waals surface area contributed by atoms with E-state index in [1.54, 1.807) is 0 Å². The average Bonchev–Trinajstić information content (AvgIpc) is 3.04. The molecule has 45 heavy (non-hydrogen) atoms. The van der Waals surface area contributed by atoms with Crippen molar-refractivity contribution in [1.29, 1.82) is 0 Å². The van der Waals surface area contributed by atoms with Gasteiger partial charge in [0.25, 0.3) is 0 Å². The zero-order chi connectivity index (χ0) is 31.5. The maximum Gasteiger partial charge on any atom is 0.322 e. The number of anilines is 1. The Morgan fingerprint density at radius 3 is 2.11 bits per heavy atom. The first kappa shape index (κ1) is 32.5. The Bertz CT molecular complexity index is 1360. The van der Waals surface area contributed by atoms with Crippen molar-refractivity contribution >= 4 is 55.4 Å². The number of nitrogens with one attached hydrogen (secondary N) is 1. The van der Waals surface area contributed by atoms with E-state index >= 15 is 0 Å². The number of benzene rings is 2. The Morgan fingerprint density at radius 2 is 1.44 bits per heavy atom. The molecule has 1 atom stereocenters. The summed E-state index contributed by atoms with van der Waals surface area (Å²) in [6, 6.07) is 14.0. The van der Waals surface area contributed by atoms with Crippen molar-refractivity contribution in [2.75, 3.05) is 51.6 Å². The van der Waals surface area contributed by atoms with Crippen LogP contribution in [0.1, 0.15) is 56.1 Å². The SMILES string of the molecule is CN1CCC(C2CCN(C(=O)[C@@H](CC(=O)N3CCC(N4Cc5ccccc5NC4=O)CC3)Cc3cc(Br)cc(Br)c3)CC2)CC1. The van der Waals surface area contributed by atoms with Crippen LogP contribution >= 0.6 is 31.9 Å². The first-order valence-electron chi connectivity index (χ1n) is 16.6. The molecule has 8 nitrogen and oxygen atoms in total. The molecule has 1 N–H and O–H groups in total. The molecule has 3 fully saturated rings. The molecular weight excluding hydrogens is 698 g/mol. The fraction of sp³-hybridized carbons (Fsp3) is 0.571. The van der Waals surface area contributed by atoms with Gasteiger partial charge >= 0.3 is 6.03 Å². The zero-order valence-corrected chi connectivity index (χ0v) is 29.4. The lowest BCUT2D eigenvalue weighted by molar-refractivity contribution is -0.143. The number of fused-ring (bicyclic) bond motifs is 1. The normalized spacial score (nSPS) is 21.4. The number of halogens is 2. The Kier molecular flexibility index (Phi) is 10.5. The van der Waals surface area contributed by atoms with Gasteiger partial charge in [-0.15, -0.1) is 0 Å². The van der Waals surface area contributed by atoms with E-state index in [-0.39, 0.29) is 30.3 Å². The van der Waals surface area contributed by atoms with Crippen molar-refractivity contribution in [3.63, 3.8) is 0 Å². The Morgan fingerprint density at radius 1 is 0.844 bits per heavy atom. The largest absolute Gasteiger partial charge is 0.343 e. The maximum atomic E-state index is 14.1. The van der Waals surface area contributed by atoms with Gasteiger partial charge in [-0.3, -0.25) is 9.59 Å². The number of amides is 4. The predicted molar refractivity (Wildman–Crippen MR) is 184 cm³/mol. The van der Waals surface area contributed by atoms with Crippen LogP contribution in [0.5, 0.6) is 0 Å². The molecule has 0 aliphatic carbocycles. The average molecular weight is 744 g/mol. The summed E-state index contributed by atoms with van der Waals surface area (Å²) in [5.41, 5.74) is 3.04. The molecule has 0 aromatic heterocycles. The molecule has 10 heteroatoms. The van der Waals surface area contributed by atoms with Crippen molar-refractivity contribution in [3.8, 4) is 0 Å². The lowest BCUT2D eigenvalue weighted by atomic mass is 9.78. The van der Waals surface area contributed by atoms with Crippen LogP contribution in [-0.2, 0) is 22.6 Å². The molecule has 242 valence electrons. The second-order valence-electron chi connectivity index (χ2n) is 13.5. The maximum absolute atomic E-state index is 14.1. The fourth-order valence-electron chi connectivity index (χ4n) is 7.89. The van der Waals surface area contributed by atoms with Crippen LogP contribution in [0, 0.1) is 17.8 Å². The van der Waals surface area contributed by atoms with Crippen LogP contribution in [-0.4, -0.2) is 89.8 Å². The molecule has 0 spiro atoms. The third kappa shape index (κ3) is 7.93. The molecule has 4 amide bonds. The summed E-state index contributed by atoms with van der Waals surface area (Å²) in [6.45, 7) is 5.71. The van der Waals surface area contributed by atoms with Crippen LogP contribution in [0.2, 0.25) is 0 Å². The van der Waals surface area contributed by atoms with Gasteiger partial charge in [-0.05, 0) is 112 Å². The summed E-state index contributed by atoms with van der Waals surface area (Å²) in [6.07, 6.45) is 6.86. The van der Waals surface area contributed by atoms with Crippen LogP contribution in [0.15, 0.2) is 51.4 Å². The zero-order valence-electron chi connectivity index (χ0n) is 26.2. The Hall–Kier alpha value is -2.43. The monoisotopic (exact) mass is 741 g/mol. The molecule has 2 aromatic carbocycles. The number of nitrogens with zero attached hydrogens (tertiary/aromatic N) is 4. The quantitative estimate of drug-likeness (QED) is 0.358. The second-order valence-corrected chi connectivity index (χ2v) is 15.3. The number of rotatable bonds is 7. The van der Waals surface area contributed by atoms with E-state index in [0.29, 0.717) is 32.0 Å². The van der Waals surface area contributed by atoms with Crippen LogP contribution in [0.25, 0.3) is 0 Å². The first-order chi connectivity index (χ1) is 21.7. The van der Waals surface area contributed by atoms with Crippen molar-refractivity contribution in [2.24, 2.45) is 17.8 Å². The highest BCUT2D eigenvalue weighted by Crippen LogP contribution is 2.34. The van der Waals surface area contributed by atoms with Crippen molar-refractivity contribution in [3.05, 3.63) is 62.5 Å². The van der Waals surface area contributed by atoms with Gasteiger partial charge < -0.3 is 24.9 Å². The van der Waals surface area contributed by atoms with Gasteiger partial charge in [-0.1, -0.05) is 50.1 Å². The topological polar surface area (TPSA) is 76.2 Å². The van der Waals surface area contributed by atoms with E-state index in [4.69, 9.17) is 0 Å². The van der Waals surface area contributed by atoms with Gasteiger partial charge in [0.05, 0.1) is 5.92 Å². The summed E-state index contributed by atoms with van der Waals surface area (Å²) >= 11 is 7.19. The minimum absolute atomic E-state index is 0.0375. The summed E-state index contributed by atoms with van der Waals surface area (Å²) in [5.74, 6) is 1.21. The van der Waals surface area contributed by atoms with E-state index in [2.05, 4.69) is 67.3 Å². The molecule has 0 radical (unpaired) electrons. The fourth-order valence-corrected chi connectivity index (χ4v) is 9.28. The highest BCUT2D eigenvalue weighted by atomic mass is 79.9. The second kappa shape index (κ2) is 14.6. The smallest absolute Gasteiger partial charge is 0.322 e. The summed E-state index contributed by atoms with van der Waals surface area (Å²) in [5, 5.41) is 3.02. The Labute approximate surface area is 284 Å². The first-order valence-corrected chi connectivity index (χ1v) is 18.2. The van der Waals surface area contributed by atoms with Gasteiger partial charge in [0, 0.05) is 59.8 Å². The van der Waals surface area contributed by atoms with Crippen LogP contribution < -0.4 is 5.32 Å². The van der Waals surface area contributed by atoms with Crippen molar-refractivity contribution in [1.82, 2.24) is 19.6 Å². The molecule has 0 bridgehead atoms. The number of hydrogen-bond donors (Lipinski definition) is 1. The predicted octanol–water partition coefficient (Wildman–Crippen LogP) is 6.38. The molecule has 4 aliphatic heterocycles. The van der Waals surface area contributed by atoms with E-state index in [1.807, 2.05) is 39.0 Å². The van der Waals surface area contributed by atoms with Gasteiger partial charge in [-0.25, -0.2) is 4.79 Å². The molecule has 0 unspecified atom stereocenters. The molecule has 4 aliphatic rings. The minimum atomic E-state index is -0.402. The van der Waals surface area contributed by atoms with Gasteiger partial charge in [0.1, 0.15) is 0 Å². The van der Waals surface area contributed by atoms with E-state index in [0.717, 1.165) is 70.5 Å². The van der Waals surface area contributed by atoms with Gasteiger partial charge in [-0.2, -0.15) is 0 Å². The van der Waals surface area contributed by atoms with Gasteiger partial charge in [0.2, 0.25) is 11.8 Å². The highest BCUT2D eigenvalue weighted by molar-refractivity contribution is 9.11. The number of carbonyl (C=O) groups excluding carboxylic acids is 3. The van der Waals surface area contributed by atoms with E-state index in [9.17, 15) is 14.4 Å². The number of para-hydroxylation sites is 1. The number of hydrogen-bond acceptors (Lipinski definition) is 4. The number of likely N-dealkylation sites (tertiary alicyclic amines) is 3. The summed E-state index contributed by atoms with van der Waals surface area (Å²) < 4.78 is 1.91. The lowest BCUT2D eigenvalue weighted by Crippen LogP contribution is -2.51. The Balaban J connectivity index is 1.08. The molecule has 3 saturated heterocycles. The third-order valence-electron chi connectivity index (χ3n) is 10.6. The van der Waals surface area contributed by atoms with Crippen molar-refractivity contribution in [2.45, 2.75) is 64.0 Å². The number of piperidine rings is 3. The molecular formula is C35H45Br2N5O3. The standard InChI is InChI=1S/C35H45Br2N5O3/c1-39-12-6-25(7-13-39)26-8-14-41(15-9-26)34(44)28(18-24-19-29(36)22-30(37)20-24)21-33(43)40-16-10-31(11-17-40)42-23-27-4-2-3-5-32(27)38-35(42)45/h2-5,19-20,22,25-26,28,31H,6-18,21,23H2,1H3,(H,38,45)/t28-/m1/s1. The number of carbonyl (C=O) groups is 3. The highest BCUT2D eigenvalue weighted by Gasteiger charge is 2.36. The van der Waals surface area contributed by atoms with E-state index < -0.39 is 5.92 Å².